The first-order valence-electron chi connectivity index (χ1n) is 9.23. The zero-order chi connectivity index (χ0) is 19.4. The number of amides is 1. The molecule has 3 rings (SSSR count). The lowest BCUT2D eigenvalue weighted by atomic mass is 9.96. The highest BCUT2D eigenvalue weighted by molar-refractivity contribution is 5.68. The Morgan fingerprint density at radius 2 is 2.07 bits per heavy atom. The fourth-order valence-corrected chi connectivity index (χ4v) is 2.95. The maximum atomic E-state index is 12.2. The van der Waals surface area contributed by atoms with Crippen LogP contribution < -0.4 is 5.32 Å². The van der Waals surface area contributed by atoms with Gasteiger partial charge in [-0.05, 0) is 46.6 Å². The van der Waals surface area contributed by atoms with Gasteiger partial charge in [-0.2, -0.15) is 5.10 Å². The topological polar surface area (TPSA) is 109 Å². The summed E-state index contributed by atoms with van der Waals surface area (Å²) >= 11 is 0. The van der Waals surface area contributed by atoms with Crippen molar-refractivity contribution in [1.29, 1.82) is 0 Å². The predicted molar refractivity (Wildman–Crippen MR) is 100 cm³/mol. The van der Waals surface area contributed by atoms with Crippen LogP contribution in [0.15, 0.2) is 12.3 Å². The van der Waals surface area contributed by atoms with Crippen LogP contribution in [0.25, 0.3) is 0 Å². The summed E-state index contributed by atoms with van der Waals surface area (Å²) in [6, 6.07) is 1.82. The molecule has 146 valence electrons. The Morgan fingerprint density at radius 3 is 2.74 bits per heavy atom. The van der Waals surface area contributed by atoms with Crippen molar-refractivity contribution in [3.05, 3.63) is 29.7 Å². The Bertz CT molecular complexity index is 776. The molecule has 1 fully saturated rings. The van der Waals surface area contributed by atoms with Gasteiger partial charge < -0.3 is 15.0 Å². The molecule has 0 radical (unpaired) electrons. The third kappa shape index (κ3) is 5.38. The van der Waals surface area contributed by atoms with Crippen LogP contribution in [-0.2, 0) is 11.3 Å². The lowest BCUT2D eigenvalue weighted by molar-refractivity contribution is 0.0203. The molecule has 0 spiro atoms. The van der Waals surface area contributed by atoms with Crippen LogP contribution in [0.3, 0.4) is 0 Å². The van der Waals surface area contributed by atoms with E-state index in [0.717, 1.165) is 36.1 Å². The Balaban J connectivity index is 1.50. The summed E-state index contributed by atoms with van der Waals surface area (Å²) in [5.41, 5.74) is -0.470. The van der Waals surface area contributed by atoms with E-state index in [4.69, 9.17) is 4.74 Å². The number of hydrogen-bond acceptors (Lipinski definition) is 7. The minimum Gasteiger partial charge on any atom is -0.444 e. The summed E-state index contributed by atoms with van der Waals surface area (Å²) in [5.74, 6) is 3.28. The van der Waals surface area contributed by atoms with Crippen LogP contribution in [-0.4, -0.2) is 54.8 Å². The van der Waals surface area contributed by atoms with Gasteiger partial charge >= 0.3 is 6.09 Å². The zero-order valence-electron chi connectivity index (χ0n) is 16.3. The van der Waals surface area contributed by atoms with Crippen molar-refractivity contribution in [1.82, 2.24) is 30.0 Å². The second-order valence-corrected chi connectivity index (χ2v) is 7.72. The first-order chi connectivity index (χ1) is 12.8. The van der Waals surface area contributed by atoms with Crippen LogP contribution in [0.4, 0.5) is 10.6 Å². The molecule has 3 heterocycles. The van der Waals surface area contributed by atoms with Gasteiger partial charge in [0.1, 0.15) is 23.1 Å². The Kier molecular flexibility index (Phi) is 5.57. The van der Waals surface area contributed by atoms with Crippen molar-refractivity contribution in [2.24, 2.45) is 0 Å². The van der Waals surface area contributed by atoms with Crippen LogP contribution in [0.1, 0.15) is 57.0 Å². The van der Waals surface area contributed by atoms with Crippen molar-refractivity contribution in [3.8, 4) is 0 Å². The molecule has 1 aliphatic rings. The first kappa shape index (κ1) is 19.1. The van der Waals surface area contributed by atoms with Gasteiger partial charge in [0, 0.05) is 25.2 Å². The number of anilines is 1. The van der Waals surface area contributed by atoms with Crippen LogP contribution in [0, 0.1) is 6.92 Å². The number of rotatable bonds is 4. The van der Waals surface area contributed by atoms with E-state index in [1.165, 1.54) is 0 Å². The number of aromatic amines is 1. The average molecular weight is 373 g/mol. The summed E-state index contributed by atoms with van der Waals surface area (Å²) in [5, 5.41) is 10.5. The van der Waals surface area contributed by atoms with Crippen molar-refractivity contribution < 1.29 is 9.53 Å². The Morgan fingerprint density at radius 1 is 1.33 bits per heavy atom. The van der Waals surface area contributed by atoms with E-state index in [2.05, 4.69) is 30.5 Å². The van der Waals surface area contributed by atoms with Crippen molar-refractivity contribution in [2.45, 2.75) is 58.6 Å². The molecule has 27 heavy (non-hydrogen) atoms. The third-order valence-electron chi connectivity index (χ3n) is 4.27. The molecule has 0 atom stereocenters. The summed E-state index contributed by atoms with van der Waals surface area (Å²) < 4.78 is 5.44. The van der Waals surface area contributed by atoms with E-state index in [-0.39, 0.29) is 12.0 Å². The maximum Gasteiger partial charge on any atom is 0.410 e. The normalized spacial score (nSPS) is 15.6. The molecule has 0 aliphatic carbocycles. The molecule has 0 saturated carbocycles. The number of hydrogen-bond donors (Lipinski definition) is 2. The molecule has 2 aromatic rings. The minimum atomic E-state index is -0.470. The number of carbonyl (C=O) groups excluding carboxylic acids is 1. The van der Waals surface area contributed by atoms with Gasteiger partial charge in [-0.25, -0.2) is 19.7 Å². The highest BCUT2D eigenvalue weighted by Crippen LogP contribution is 2.26. The van der Waals surface area contributed by atoms with Gasteiger partial charge in [-0.3, -0.25) is 5.10 Å². The van der Waals surface area contributed by atoms with E-state index in [0.29, 0.717) is 19.6 Å². The molecule has 2 N–H and O–H groups in total. The van der Waals surface area contributed by atoms with Crippen molar-refractivity contribution in [3.63, 3.8) is 0 Å². The zero-order valence-corrected chi connectivity index (χ0v) is 16.3. The quantitative estimate of drug-likeness (QED) is 0.848. The summed E-state index contributed by atoms with van der Waals surface area (Å²) in [6.45, 7) is 9.31. The molecule has 1 aliphatic heterocycles. The number of nitrogens with zero attached hydrogens (tertiary/aromatic N) is 5. The Hall–Kier alpha value is -2.71. The first-order valence-corrected chi connectivity index (χ1v) is 9.23. The molecular formula is C18H27N7O2. The van der Waals surface area contributed by atoms with Crippen LogP contribution >= 0.6 is 0 Å². The molecule has 1 amide bonds. The second-order valence-electron chi connectivity index (χ2n) is 7.72. The van der Waals surface area contributed by atoms with E-state index in [9.17, 15) is 4.79 Å². The lowest BCUT2D eigenvalue weighted by Crippen LogP contribution is -2.41. The second kappa shape index (κ2) is 7.89. The van der Waals surface area contributed by atoms with Gasteiger partial charge in [-0.1, -0.05) is 0 Å². The van der Waals surface area contributed by atoms with E-state index in [1.54, 1.807) is 11.1 Å². The SMILES string of the molecule is Cc1nccc(NCc2nc(C3CCN(C(=O)OC(C)(C)C)CC3)n[nH]2)n1. The van der Waals surface area contributed by atoms with Crippen LogP contribution in [0.2, 0.25) is 0 Å². The smallest absolute Gasteiger partial charge is 0.410 e. The molecule has 0 unspecified atom stereocenters. The van der Waals surface area contributed by atoms with Crippen molar-refractivity contribution in [2.75, 3.05) is 18.4 Å². The van der Waals surface area contributed by atoms with Gasteiger partial charge in [0.15, 0.2) is 5.82 Å². The molecule has 0 aromatic carbocycles. The Labute approximate surface area is 159 Å². The number of piperidine rings is 1. The highest BCUT2D eigenvalue weighted by Gasteiger charge is 2.29. The molecule has 9 heteroatoms. The van der Waals surface area contributed by atoms with Crippen LogP contribution in [0.5, 0.6) is 0 Å². The molecule has 1 saturated heterocycles. The standard InChI is InChI=1S/C18H27N7O2/c1-12-19-8-5-14(21-12)20-11-15-22-16(24-23-15)13-6-9-25(10-7-13)17(26)27-18(2,3)4/h5,8,13H,6-7,9-11H2,1-4H3,(H,19,20,21)(H,22,23,24). The van der Waals surface area contributed by atoms with Gasteiger partial charge in [-0.15, -0.1) is 0 Å². The number of carbonyl (C=O) groups is 1. The van der Waals surface area contributed by atoms with E-state index >= 15 is 0 Å². The summed E-state index contributed by atoms with van der Waals surface area (Å²) in [6.07, 6.45) is 3.12. The number of H-pyrrole nitrogens is 1. The monoisotopic (exact) mass is 373 g/mol. The summed E-state index contributed by atoms with van der Waals surface area (Å²) in [7, 11) is 0. The molecule has 9 nitrogen and oxygen atoms in total. The maximum absolute atomic E-state index is 12.2. The fraction of sp³-hybridized carbons (Fsp3) is 0.611. The predicted octanol–water partition coefficient (Wildman–Crippen LogP) is 2.63. The number of nitrogens with one attached hydrogen (secondary N) is 2. The fourth-order valence-electron chi connectivity index (χ4n) is 2.95. The summed E-state index contributed by atoms with van der Waals surface area (Å²) in [4.78, 5) is 26.9. The number of aromatic nitrogens is 5. The van der Waals surface area contributed by atoms with E-state index < -0.39 is 5.60 Å². The van der Waals surface area contributed by atoms with Gasteiger partial charge in [0.2, 0.25) is 0 Å². The third-order valence-corrected chi connectivity index (χ3v) is 4.27. The van der Waals surface area contributed by atoms with Gasteiger partial charge in [0.25, 0.3) is 0 Å². The largest absolute Gasteiger partial charge is 0.444 e. The number of ether oxygens (including phenoxy) is 1. The minimum absolute atomic E-state index is 0.245. The molecular weight excluding hydrogens is 346 g/mol. The number of aryl methyl sites for hydroxylation is 1. The lowest BCUT2D eigenvalue weighted by Gasteiger charge is -2.32. The highest BCUT2D eigenvalue weighted by atomic mass is 16.6. The number of likely N-dealkylation sites (tertiary alicyclic amines) is 1. The van der Waals surface area contributed by atoms with E-state index in [1.807, 2.05) is 33.8 Å². The molecule has 0 bridgehead atoms. The van der Waals surface area contributed by atoms with Crippen molar-refractivity contribution >= 4 is 11.9 Å². The van der Waals surface area contributed by atoms with Gasteiger partial charge in [0.05, 0.1) is 6.54 Å². The molecule has 2 aromatic heterocycles. The average Bonchev–Trinajstić information content (AvgIpc) is 3.08.